The highest BCUT2D eigenvalue weighted by Gasteiger charge is 2.32. The number of carbonyl (C=O) groups is 2. The van der Waals surface area contributed by atoms with E-state index in [1.807, 2.05) is 62.4 Å². The van der Waals surface area contributed by atoms with Gasteiger partial charge in [0, 0.05) is 5.69 Å². The smallest absolute Gasteiger partial charge is 0.414 e. The minimum Gasteiger partial charge on any atom is -0.484 e. The van der Waals surface area contributed by atoms with E-state index < -0.39 is 6.09 Å². The number of carbonyl (C=O) groups excluding carboxylic acids is 2. The molecule has 1 unspecified atom stereocenters. The average molecular weight is 354 g/mol. The fourth-order valence-electron chi connectivity index (χ4n) is 2.63. The minimum absolute atomic E-state index is 0.0780. The topological polar surface area (TPSA) is 67.9 Å². The van der Waals surface area contributed by atoms with Crippen LogP contribution in [-0.4, -0.2) is 37.8 Å². The van der Waals surface area contributed by atoms with Crippen molar-refractivity contribution in [3.05, 3.63) is 59.7 Å². The number of benzene rings is 2. The molecule has 0 radical (unpaired) electrons. The highest BCUT2D eigenvalue weighted by Crippen LogP contribution is 2.21. The van der Waals surface area contributed by atoms with Gasteiger partial charge in [-0.2, -0.15) is 0 Å². The maximum atomic E-state index is 12.0. The molecule has 6 nitrogen and oxygen atoms in total. The number of cyclic esters (lactones) is 1. The number of nitrogens with zero attached hydrogens (tertiary/aromatic N) is 1. The van der Waals surface area contributed by atoms with Gasteiger partial charge in [-0.05, 0) is 38.1 Å². The third kappa shape index (κ3) is 4.53. The molecule has 1 atom stereocenters. The highest BCUT2D eigenvalue weighted by atomic mass is 16.6. The van der Waals surface area contributed by atoms with Gasteiger partial charge in [0.05, 0.1) is 13.1 Å². The second-order valence-electron chi connectivity index (χ2n) is 6.36. The average Bonchev–Trinajstić information content (AvgIpc) is 3.01. The van der Waals surface area contributed by atoms with Gasteiger partial charge in [0.25, 0.3) is 5.91 Å². The number of nitrogens with one attached hydrogen (secondary N) is 1. The Bertz CT molecular complexity index is 771. The quantitative estimate of drug-likeness (QED) is 0.866. The van der Waals surface area contributed by atoms with Gasteiger partial charge in [-0.3, -0.25) is 9.69 Å². The number of hydrogen-bond acceptors (Lipinski definition) is 4. The molecule has 2 aromatic rings. The molecule has 26 heavy (non-hydrogen) atoms. The standard InChI is InChI=1S/C20H22N2O4/c1-14-3-7-16(8-4-14)22-12-18(26-20(22)24)11-21-19(23)13-25-17-9-5-15(2)6-10-17/h3-10,18H,11-13H2,1-2H3,(H,21,23). The van der Waals surface area contributed by atoms with E-state index in [-0.39, 0.29) is 25.2 Å². The predicted molar refractivity (Wildman–Crippen MR) is 98.5 cm³/mol. The first-order chi connectivity index (χ1) is 12.5. The Morgan fingerprint density at radius 1 is 1.12 bits per heavy atom. The van der Waals surface area contributed by atoms with E-state index in [0.717, 1.165) is 16.8 Å². The third-order valence-electron chi connectivity index (χ3n) is 4.14. The Morgan fingerprint density at radius 3 is 2.38 bits per heavy atom. The van der Waals surface area contributed by atoms with Crippen molar-refractivity contribution in [2.45, 2.75) is 20.0 Å². The molecular weight excluding hydrogens is 332 g/mol. The van der Waals surface area contributed by atoms with Gasteiger partial charge < -0.3 is 14.8 Å². The summed E-state index contributed by atoms with van der Waals surface area (Å²) in [5.41, 5.74) is 3.04. The largest absolute Gasteiger partial charge is 0.484 e. The molecule has 1 N–H and O–H groups in total. The SMILES string of the molecule is Cc1ccc(OCC(=O)NCC2CN(c3ccc(C)cc3)C(=O)O2)cc1. The highest BCUT2D eigenvalue weighted by molar-refractivity contribution is 5.89. The number of rotatable bonds is 6. The van der Waals surface area contributed by atoms with Crippen molar-refractivity contribution < 1.29 is 19.1 Å². The van der Waals surface area contributed by atoms with Crippen molar-refractivity contribution >= 4 is 17.7 Å². The lowest BCUT2D eigenvalue weighted by molar-refractivity contribution is -0.123. The molecule has 0 bridgehead atoms. The van der Waals surface area contributed by atoms with Crippen molar-refractivity contribution in [1.82, 2.24) is 5.32 Å². The van der Waals surface area contributed by atoms with E-state index in [1.165, 1.54) is 0 Å². The molecule has 1 aliphatic rings. The molecular formula is C20H22N2O4. The first kappa shape index (κ1) is 17.8. The lowest BCUT2D eigenvalue weighted by Crippen LogP contribution is -2.37. The summed E-state index contributed by atoms with van der Waals surface area (Å²) in [6.45, 7) is 4.55. The van der Waals surface area contributed by atoms with Gasteiger partial charge in [-0.25, -0.2) is 4.79 Å². The molecule has 1 saturated heterocycles. The zero-order valence-electron chi connectivity index (χ0n) is 14.9. The maximum absolute atomic E-state index is 12.0. The fourth-order valence-corrected chi connectivity index (χ4v) is 2.63. The maximum Gasteiger partial charge on any atom is 0.414 e. The van der Waals surface area contributed by atoms with Gasteiger partial charge in [0.1, 0.15) is 11.9 Å². The minimum atomic E-state index is -0.399. The molecule has 0 saturated carbocycles. The molecule has 2 amide bonds. The molecule has 6 heteroatoms. The third-order valence-corrected chi connectivity index (χ3v) is 4.14. The predicted octanol–water partition coefficient (Wildman–Crippen LogP) is 2.82. The van der Waals surface area contributed by atoms with Crippen LogP contribution in [0.4, 0.5) is 10.5 Å². The van der Waals surface area contributed by atoms with Gasteiger partial charge in [-0.1, -0.05) is 35.4 Å². The van der Waals surface area contributed by atoms with Crippen LogP contribution in [0.5, 0.6) is 5.75 Å². The Morgan fingerprint density at radius 2 is 1.73 bits per heavy atom. The second-order valence-corrected chi connectivity index (χ2v) is 6.36. The molecule has 0 aliphatic carbocycles. The van der Waals surface area contributed by atoms with Crippen molar-refractivity contribution in [2.24, 2.45) is 0 Å². The molecule has 2 aromatic carbocycles. The molecule has 1 fully saturated rings. The van der Waals surface area contributed by atoms with Crippen LogP contribution < -0.4 is 15.0 Å². The molecule has 136 valence electrons. The van der Waals surface area contributed by atoms with E-state index in [4.69, 9.17) is 9.47 Å². The Kier molecular flexibility index (Phi) is 5.41. The van der Waals surface area contributed by atoms with Gasteiger partial charge in [0.15, 0.2) is 6.61 Å². The summed E-state index contributed by atoms with van der Waals surface area (Å²) in [6.07, 6.45) is -0.781. The van der Waals surface area contributed by atoms with E-state index in [2.05, 4.69) is 5.32 Å². The number of amides is 2. The van der Waals surface area contributed by atoms with E-state index >= 15 is 0 Å². The first-order valence-electron chi connectivity index (χ1n) is 8.52. The molecule has 0 aromatic heterocycles. The van der Waals surface area contributed by atoms with Crippen molar-refractivity contribution in [2.75, 3.05) is 24.6 Å². The second kappa shape index (κ2) is 7.91. The van der Waals surface area contributed by atoms with Crippen LogP contribution in [0.3, 0.4) is 0 Å². The zero-order chi connectivity index (χ0) is 18.5. The Hall–Kier alpha value is -3.02. The summed E-state index contributed by atoms with van der Waals surface area (Å²) >= 11 is 0. The monoisotopic (exact) mass is 354 g/mol. The molecule has 0 spiro atoms. The van der Waals surface area contributed by atoms with Crippen LogP contribution in [0, 0.1) is 13.8 Å². The van der Waals surface area contributed by atoms with Crippen LogP contribution >= 0.6 is 0 Å². The van der Waals surface area contributed by atoms with Crippen molar-refractivity contribution in [3.8, 4) is 5.75 Å². The molecule has 1 aliphatic heterocycles. The Labute approximate surface area is 152 Å². The van der Waals surface area contributed by atoms with Gasteiger partial charge >= 0.3 is 6.09 Å². The number of ether oxygens (including phenoxy) is 2. The van der Waals surface area contributed by atoms with Crippen LogP contribution in [-0.2, 0) is 9.53 Å². The van der Waals surface area contributed by atoms with Crippen molar-refractivity contribution in [3.63, 3.8) is 0 Å². The van der Waals surface area contributed by atoms with Crippen LogP contribution in [0.25, 0.3) is 0 Å². The normalized spacial score (nSPS) is 16.3. The summed E-state index contributed by atoms with van der Waals surface area (Å²) < 4.78 is 10.7. The van der Waals surface area contributed by atoms with E-state index in [9.17, 15) is 9.59 Å². The van der Waals surface area contributed by atoms with Gasteiger partial charge in [-0.15, -0.1) is 0 Å². The van der Waals surface area contributed by atoms with Crippen LogP contribution in [0.15, 0.2) is 48.5 Å². The summed E-state index contributed by atoms with van der Waals surface area (Å²) in [6, 6.07) is 15.1. The van der Waals surface area contributed by atoms with E-state index in [0.29, 0.717) is 12.3 Å². The summed E-state index contributed by atoms with van der Waals surface area (Å²) in [5.74, 6) is 0.388. The van der Waals surface area contributed by atoms with Crippen molar-refractivity contribution in [1.29, 1.82) is 0 Å². The van der Waals surface area contributed by atoms with Crippen LogP contribution in [0.1, 0.15) is 11.1 Å². The number of hydrogen-bond donors (Lipinski definition) is 1. The number of aryl methyl sites for hydroxylation is 2. The molecule has 1 heterocycles. The zero-order valence-corrected chi connectivity index (χ0v) is 14.9. The summed E-state index contributed by atoms with van der Waals surface area (Å²) in [7, 11) is 0. The number of anilines is 1. The van der Waals surface area contributed by atoms with Crippen LogP contribution in [0.2, 0.25) is 0 Å². The summed E-state index contributed by atoms with van der Waals surface area (Å²) in [5, 5.41) is 2.74. The van der Waals surface area contributed by atoms with E-state index in [1.54, 1.807) is 4.90 Å². The lowest BCUT2D eigenvalue weighted by atomic mass is 10.2. The fraction of sp³-hybridized carbons (Fsp3) is 0.300. The lowest BCUT2D eigenvalue weighted by Gasteiger charge is -2.13. The van der Waals surface area contributed by atoms with Gasteiger partial charge in [0.2, 0.25) is 0 Å². The molecule has 3 rings (SSSR count). The first-order valence-corrected chi connectivity index (χ1v) is 8.52. The summed E-state index contributed by atoms with van der Waals surface area (Å²) in [4.78, 5) is 25.5. The Balaban J connectivity index is 1.44.